The number of alkyl halides is 1. The summed E-state index contributed by atoms with van der Waals surface area (Å²) in [5.74, 6) is 0.972. The van der Waals surface area contributed by atoms with Crippen LogP contribution < -0.4 is 5.32 Å². The van der Waals surface area contributed by atoms with Crippen molar-refractivity contribution in [3.8, 4) is 0 Å². The van der Waals surface area contributed by atoms with E-state index in [-0.39, 0.29) is 0 Å². The average molecular weight is 184 g/mol. The zero-order valence-electron chi connectivity index (χ0n) is 7.42. The second-order valence-electron chi connectivity index (χ2n) is 3.35. The smallest absolute Gasteiger partial charge is 0.196 e. The molecule has 13 heavy (non-hydrogen) atoms. The van der Waals surface area contributed by atoms with Crippen molar-refractivity contribution in [1.29, 1.82) is 0 Å². The zero-order valence-corrected chi connectivity index (χ0v) is 7.42. The summed E-state index contributed by atoms with van der Waals surface area (Å²) in [6, 6.07) is 0.464. The summed E-state index contributed by atoms with van der Waals surface area (Å²) in [5.41, 5.74) is 0. The Kier molecular flexibility index (Phi) is 2.59. The molecule has 2 rings (SSSR count). The quantitative estimate of drug-likeness (QED) is 0.772. The van der Waals surface area contributed by atoms with Gasteiger partial charge in [-0.3, -0.25) is 0 Å². The third-order valence-electron chi connectivity index (χ3n) is 2.32. The Morgan fingerprint density at radius 2 is 2.62 bits per heavy atom. The summed E-state index contributed by atoms with van der Waals surface area (Å²) in [7, 11) is 0. The summed E-state index contributed by atoms with van der Waals surface area (Å²) in [4.78, 5) is 4.00. The molecule has 0 radical (unpaired) electrons. The first-order valence-corrected chi connectivity index (χ1v) is 4.61. The second-order valence-corrected chi connectivity index (χ2v) is 3.35. The SMILES string of the molecule is FCc1cnc(CC2CCCN2)o1. The van der Waals surface area contributed by atoms with Crippen molar-refractivity contribution in [1.82, 2.24) is 10.3 Å². The molecule has 1 N–H and O–H groups in total. The lowest BCUT2D eigenvalue weighted by molar-refractivity contribution is 0.366. The Bertz CT molecular complexity index is 268. The van der Waals surface area contributed by atoms with Gasteiger partial charge < -0.3 is 9.73 Å². The zero-order chi connectivity index (χ0) is 9.10. The van der Waals surface area contributed by atoms with Crippen molar-refractivity contribution in [3.05, 3.63) is 17.8 Å². The molecule has 1 aliphatic heterocycles. The molecule has 1 atom stereocenters. The molecule has 0 aromatic carbocycles. The summed E-state index contributed by atoms with van der Waals surface area (Å²) in [5, 5.41) is 3.34. The summed E-state index contributed by atoms with van der Waals surface area (Å²) in [6.45, 7) is 0.506. The van der Waals surface area contributed by atoms with Gasteiger partial charge in [-0.2, -0.15) is 0 Å². The van der Waals surface area contributed by atoms with E-state index in [2.05, 4.69) is 10.3 Å². The lowest BCUT2D eigenvalue weighted by Gasteiger charge is -2.05. The van der Waals surface area contributed by atoms with Crippen LogP contribution in [0, 0.1) is 0 Å². The van der Waals surface area contributed by atoms with E-state index in [0.29, 0.717) is 17.7 Å². The normalized spacial score (nSPS) is 22.4. The molecule has 1 unspecified atom stereocenters. The molecule has 0 bridgehead atoms. The number of oxazole rings is 1. The number of halogens is 1. The van der Waals surface area contributed by atoms with Crippen molar-refractivity contribution in [2.24, 2.45) is 0 Å². The van der Waals surface area contributed by atoms with E-state index in [0.717, 1.165) is 19.4 Å². The van der Waals surface area contributed by atoms with Crippen molar-refractivity contribution in [2.45, 2.75) is 32.0 Å². The monoisotopic (exact) mass is 184 g/mol. The number of rotatable bonds is 3. The minimum Gasteiger partial charge on any atom is -0.443 e. The molecule has 1 aromatic rings. The van der Waals surface area contributed by atoms with Gasteiger partial charge in [0.1, 0.15) is 6.67 Å². The lowest BCUT2D eigenvalue weighted by atomic mass is 10.2. The Hall–Kier alpha value is -0.900. The van der Waals surface area contributed by atoms with Gasteiger partial charge in [0.15, 0.2) is 11.7 Å². The molecule has 0 amide bonds. The van der Waals surface area contributed by atoms with E-state index in [4.69, 9.17) is 4.42 Å². The van der Waals surface area contributed by atoms with E-state index >= 15 is 0 Å². The first-order valence-electron chi connectivity index (χ1n) is 4.61. The maximum Gasteiger partial charge on any atom is 0.196 e. The molecule has 1 fully saturated rings. The summed E-state index contributed by atoms with van der Waals surface area (Å²) in [6.07, 6.45) is 4.61. The van der Waals surface area contributed by atoms with Crippen molar-refractivity contribution < 1.29 is 8.81 Å². The van der Waals surface area contributed by atoms with Gasteiger partial charge in [-0.1, -0.05) is 0 Å². The van der Waals surface area contributed by atoms with Crippen LogP contribution in [-0.2, 0) is 13.1 Å². The van der Waals surface area contributed by atoms with Crippen LogP contribution in [0.3, 0.4) is 0 Å². The van der Waals surface area contributed by atoms with Crippen LogP contribution in [0.2, 0.25) is 0 Å². The van der Waals surface area contributed by atoms with Gasteiger partial charge in [0, 0.05) is 12.5 Å². The molecule has 1 saturated heterocycles. The second kappa shape index (κ2) is 3.87. The van der Waals surface area contributed by atoms with E-state index < -0.39 is 6.67 Å². The molecule has 0 spiro atoms. The number of nitrogens with zero attached hydrogens (tertiary/aromatic N) is 1. The van der Waals surface area contributed by atoms with Crippen molar-refractivity contribution >= 4 is 0 Å². The van der Waals surface area contributed by atoms with Crippen LogP contribution in [0.15, 0.2) is 10.6 Å². The number of nitrogens with one attached hydrogen (secondary N) is 1. The van der Waals surface area contributed by atoms with E-state index in [1.54, 1.807) is 0 Å². The lowest BCUT2D eigenvalue weighted by Crippen LogP contribution is -2.23. The molecule has 1 aliphatic rings. The highest BCUT2D eigenvalue weighted by Gasteiger charge is 2.16. The Morgan fingerprint density at radius 3 is 3.23 bits per heavy atom. The molecular weight excluding hydrogens is 171 g/mol. The predicted octanol–water partition coefficient (Wildman–Crippen LogP) is 1.44. The van der Waals surface area contributed by atoms with E-state index in [1.165, 1.54) is 12.6 Å². The van der Waals surface area contributed by atoms with Gasteiger partial charge in [-0.15, -0.1) is 0 Å². The van der Waals surface area contributed by atoms with Crippen LogP contribution in [0.25, 0.3) is 0 Å². The molecule has 0 aliphatic carbocycles. The fraction of sp³-hybridized carbons (Fsp3) is 0.667. The molecule has 3 nitrogen and oxygen atoms in total. The number of hydrogen-bond donors (Lipinski definition) is 1. The molecular formula is C9H13FN2O. The summed E-state index contributed by atoms with van der Waals surface area (Å²) < 4.78 is 17.3. The number of hydrogen-bond acceptors (Lipinski definition) is 3. The van der Waals surface area contributed by atoms with Gasteiger partial charge >= 0.3 is 0 Å². The molecule has 4 heteroatoms. The van der Waals surface area contributed by atoms with Crippen LogP contribution >= 0.6 is 0 Å². The standard InChI is InChI=1S/C9H13FN2O/c10-5-8-6-12-9(13-8)4-7-2-1-3-11-7/h6-7,11H,1-5H2. The first-order chi connectivity index (χ1) is 6.38. The highest BCUT2D eigenvalue weighted by molar-refractivity contribution is 4.95. The van der Waals surface area contributed by atoms with Gasteiger partial charge in [-0.05, 0) is 19.4 Å². The molecule has 72 valence electrons. The summed E-state index contributed by atoms with van der Waals surface area (Å²) >= 11 is 0. The number of aromatic nitrogens is 1. The van der Waals surface area contributed by atoms with Crippen LogP contribution in [0.4, 0.5) is 4.39 Å². The highest BCUT2D eigenvalue weighted by atomic mass is 19.1. The molecule has 1 aromatic heterocycles. The van der Waals surface area contributed by atoms with Crippen molar-refractivity contribution in [3.63, 3.8) is 0 Å². The predicted molar refractivity (Wildman–Crippen MR) is 46.0 cm³/mol. The largest absolute Gasteiger partial charge is 0.443 e. The minimum absolute atomic E-state index is 0.327. The van der Waals surface area contributed by atoms with Gasteiger partial charge in [0.2, 0.25) is 0 Å². The van der Waals surface area contributed by atoms with Gasteiger partial charge in [-0.25, -0.2) is 9.37 Å². The maximum absolute atomic E-state index is 12.1. The Labute approximate surface area is 76.3 Å². The van der Waals surface area contributed by atoms with Gasteiger partial charge in [0.05, 0.1) is 6.20 Å². The minimum atomic E-state index is -0.564. The average Bonchev–Trinajstić information content (AvgIpc) is 2.76. The fourth-order valence-electron chi connectivity index (χ4n) is 1.65. The van der Waals surface area contributed by atoms with Crippen LogP contribution in [0.5, 0.6) is 0 Å². The molecule has 2 heterocycles. The van der Waals surface area contributed by atoms with Crippen molar-refractivity contribution in [2.75, 3.05) is 6.54 Å². The van der Waals surface area contributed by atoms with Gasteiger partial charge in [0.25, 0.3) is 0 Å². The van der Waals surface area contributed by atoms with Crippen LogP contribution in [-0.4, -0.2) is 17.6 Å². The topological polar surface area (TPSA) is 38.1 Å². The van der Waals surface area contributed by atoms with E-state index in [1.807, 2.05) is 0 Å². The Balaban J connectivity index is 1.92. The molecule has 0 saturated carbocycles. The Morgan fingerprint density at radius 1 is 1.69 bits per heavy atom. The van der Waals surface area contributed by atoms with Crippen LogP contribution in [0.1, 0.15) is 24.5 Å². The first kappa shape index (κ1) is 8.69. The highest BCUT2D eigenvalue weighted by Crippen LogP contribution is 2.12. The van der Waals surface area contributed by atoms with E-state index in [9.17, 15) is 4.39 Å². The third-order valence-corrected chi connectivity index (χ3v) is 2.32. The fourth-order valence-corrected chi connectivity index (χ4v) is 1.65. The maximum atomic E-state index is 12.1. The third kappa shape index (κ3) is 2.06.